The van der Waals surface area contributed by atoms with Crippen LogP contribution in [0, 0.1) is 0 Å². The van der Waals surface area contributed by atoms with Crippen LogP contribution in [-0.2, 0) is 4.74 Å². The fourth-order valence-electron chi connectivity index (χ4n) is 3.81. The standard InChI is InChI=1S/C26H46NO3/c1-3-4-5-6-7-8-9-11-15-25(2)30-24-27(20-22-28,21-23-29)19-14-18-26-16-12-10-13-17-26/h10,12-14,16-18,25,28-29H,3-9,11,15,19-24H2,1-2H3/q+1. The number of nitrogens with zero attached hydrogens (tertiary/aromatic N) is 1. The molecule has 30 heavy (non-hydrogen) atoms. The Balaban J connectivity index is 2.40. The van der Waals surface area contributed by atoms with E-state index in [1.54, 1.807) is 0 Å². The smallest absolute Gasteiger partial charge is 0.183 e. The van der Waals surface area contributed by atoms with Crippen LogP contribution >= 0.6 is 0 Å². The lowest BCUT2D eigenvalue weighted by molar-refractivity contribution is -0.941. The van der Waals surface area contributed by atoms with E-state index in [1.165, 1.54) is 51.4 Å². The Bertz CT molecular complexity index is 526. The molecule has 1 aromatic carbocycles. The van der Waals surface area contributed by atoms with Gasteiger partial charge >= 0.3 is 0 Å². The minimum Gasteiger partial charge on any atom is -0.391 e. The van der Waals surface area contributed by atoms with Gasteiger partial charge < -0.3 is 14.9 Å². The van der Waals surface area contributed by atoms with Gasteiger partial charge in [-0.25, -0.2) is 0 Å². The molecule has 0 amide bonds. The molecule has 1 aromatic rings. The molecular weight excluding hydrogens is 374 g/mol. The maximum absolute atomic E-state index is 9.61. The number of ether oxygens (including phenoxy) is 1. The number of rotatable bonds is 19. The highest BCUT2D eigenvalue weighted by atomic mass is 16.5. The molecule has 0 heterocycles. The van der Waals surface area contributed by atoms with Crippen molar-refractivity contribution in [3.8, 4) is 0 Å². The van der Waals surface area contributed by atoms with Gasteiger partial charge in [-0.05, 0) is 25.0 Å². The lowest BCUT2D eigenvalue weighted by Gasteiger charge is -2.37. The summed E-state index contributed by atoms with van der Waals surface area (Å²) in [5.74, 6) is 0. The van der Waals surface area contributed by atoms with E-state index in [9.17, 15) is 10.2 Å². The number of unbranched alkanes of at least 4 members (excludes halogenated alkanes) is 7. The van der Waals surface area contributed by atoms with Gasteiger partial charge in [0.25, 0.3) is 0 Å². The molecule has 2 N–H and O–H groups in total. The minimum atomic E-state index is 0.0922. The van der Waals surface area contributed by atoms with Crippen LogP contribution in [0.3, 0.4) is 0 Å². The van der Waals surface area contributed by atoms with Crippen LogP contribution in [0.15, 0.2) is 36.4 Å². The summed E-state index contributed by atoms with van der Waals surface area (Å²) in [6.07, 6.45) is 16.1. The number of benzene rings is 1. The van der Waals surface area contributed by atoms with Crippen molar-refractivity contribution in [3.63, 3.8) is 0 Å². The molecule has 0 aliphatic heterocycles. The first-order valence-electron chi connectivity index (χ1n) is 12.1. The number of hydrogen-bond donors (Lipinski definition) is 2. The van der Waals surface area contributed by atoms with E-state index in [1.807, 2.05) is 18.2 Å². The van der Waals surface area contributed by atoms with Gasteiger partial charge in [0.2, 0.25) is 0 Å². The van der Waals surface area contributed by atoms with E-state index in [0.717, 1.165) is 18.5 Å². The summed E-state index contributed by atoms with van der Waals surface area (Å²) in [5, 5.41) is 19.2. The molecule has 0 aromatic heterocycles. The zero-order valence-corrected chi connectivity index (χ0v) is 19.5. The predicted octanol–water partition coefficient (Wildman–Crippen LogP) is 5.39. The van der Waals surface area contributed by atoms with Gasteiger partial charge in [-0.3, -0.25) is 4.48 Å². The highest BCUT2D eigenvalue weighted by molar-refractivity contribution is 5.48. The molecule has 0 saturated carbocycles. The fraction of sp³-hybridized carbons (Fsp3) is 0.692. The molecule has 1 rings (SSSR count). The Hall–Kier alpha value is -1.20. The van der Waals surface area contributed by atoms with Crippen molar-refractivity contribution in [2.45, 2.75) is 77.7 Å². The SMILES string of the molecule is CCCCCCCCCCC(C)OC[N+](CC=Cc1ccccc1)(CCO)CCO. The Morgan fingerprint density at radius 2 is 1.50 bits per heavy atom. The number of aliphatic hydroxyl groups is 2. The first-order chi connectivity index (χ1) is 14.7. The molecule has 0 radical (unpaired) electrons. The zero-order valence-electron chi connectivity index (χ0n) is 19.5. The van der Waals surface area contributed by atoms with Gasteiger partial charge in [-0.15, -0.1) is 0 Å². The summed E-state index contributed by atoms with van der Waals surface area (Å²) in [6.45, 7) is 7.03. The Kier molecular flexibility index (Phi) is 15.6. The van der Waals surface area contributed by atoms with Crippen LogP contribution in [0.5, 0.6) is 0 Å². The number of quaternary nitrogens is 1. The molecule has 0 aliphatic carbocycles. The van der Waals surface area contributed by atoms with E-state index in [-0.39, 0.29) is 19.3 Å². The molecule has 4 heteroatoms. The monoisotopic (exact) mass is 420 g/mol. The first kappa shape index (κ1) is 26.8. The largest absolute Gasteiger partial charge is 0.391 e. The highest BCUT2D eigenvalue weighted by Crippen LogP contribution is 2.15. The van der Waals surface area contributed by atoms with Gasteiger partial charge in [0.15, 0.2) is 6.73 Å². The van der Waals surface area contributed by atoms with Crippen molar-refractivity contribution in [1.29, 1.82) is 0 Å². The molecule has 172 valence electrons. The Labute approximate surface area is 185 Å². The summed E-state index contributed by atoms with van der Waals surface area (Å²) >= 11 is 0. The Morgan fingerprint density at radius 1 is 0.900 bits per heavy atom. The van der Waals surface area contributed by atoms with Crippen molar-refractivity contribution in [2.24, 2.45) is 0 Å². The molecule has 1 atom stereocenters. The lowest BCUT2D eigenvalue weighted by Crippen LogP contribution is -2.53. The predicted molar refractivity (Wildman–Crippen MR) is 127 cm³/mol. The van der Waals surface area contributed by atoms with Gasteiger partial charge in [0.1, 0.15) is 13.1 Å². The maximum Gasteiger partial charge on any atom is 0.183 e. The van der Waals surface area contributed by atoms with E-state index in [0.29, 0.717) is 24.3 Å². The quantitative estimate of drug-likeness (QED) is 0.179. The van der Waals surface area contributed by atoms with Gasteiger partial charge in [0.05, 0.1) is 25.9 Å². The van der Waals surface area contributed by atoms with Crippen molar-refractivity contribution in [3.05, 3.63) is 42.0 Å². The topological polar surface area (TPSA) is 49.7 Å². The summed E-state index contributed by atoms with van der Waals surface area (Å²) in [5.41, 5.74) is 1.16. The molecule has 0 spiro atoms. The summed E-state index contributed by atoms with van der Waals surface area (Å²) in [7, 11) is 0. The van der Waals surface area contributed by atoms with Gasteiger partial charge in [0, 0.05) is 0 Å². The van der Waals surface area contributed by atoms with Crippen molar-refractivity contribution >= 4 is 6.08 Å². The second kappa shape index (κ2) is 17.5. The molecule has 1 unspecified atom stereocenters. The summed E-state index contributed by atoms with van der Waals surface area (Å²) in [6, 6.07) is 10.2. The van der Waals surface area contributed by atoms with Gasteiger partial charge in [-0.1, -0.05) is 94.7 Å². The van der Waals surface area contributed by atoms with E-state index < -0.39 is 0 Å². The fourth-order valence-corrected chi connectivity index (χ4v) is 3.81. The normalized spacial score (nSPS) is 13.2. The molecule has 0 saturated heterocycles. The highest BCUT2D eigenvalue weighted by Gasteiger charge is 2.26. The molecule has 0 bridgehead atoms. The van der Waals surface area contributed by atoms with Crippen LogP contribution < -0.4 is 0 Å². The van der Waals surface area contributed by atoms with Crippen molar-refractivity contribution < 1.29 is 19.4 Å². The second-order valence-corrected chi connectivity index (χ2v) is 8.60. The van der Waals surface area contributed by atoms with E-state index >= 15 is 0 Å². The Morgan fingerprint density at radius 3 is 2.10 bits per heavy atom. The third-order valence-electron chi connectivity index (χ3n) is 5.85. The van der Waals surface area contributed by atoms with Crippen molar-refractivity contribution in [2.75, 3.05) is 39.6 Å². The zero-order chi connectivity index (χ0) is 21.9. The van der Waals surface area contributed by atoms with Crippen LogP contribution in [0.1, 0.15) is 77.2 Å². The average molecular weight is 421 g/mol. The maximum atomic E-state index is 9.61. The van der Waals surface area contributed by atoms with Crippen LogP contribution in [0.25, 0.3) is 6.08 Å². The van der Waals surface area contributed by atoms with E-state index in [4.69, 9.17) is 4.74 Å². The lowest BCUT2D eigenvalue weighted by atomic mass is 10.1. The summed E-state index contributed by atoms with van der Waals surface area (Å²) in [4.78, 5) is 0. The number of aliphatic hydroxyl groups excluding tert-OH is 2. The van der Waals surface area contributed by atoms with Crippen molar-refractivity contribution in [1.82, 2.24) is 0 Å². The molecule has 0 fully saturated rings. The summed E-state index contributed by atoms with van der Waals surface area (Å²) < 4.78 is 6.74. The van der Waals surface area contributed by atoms with Crippen LogP contribution in [-0.4, -0.2) is 60.4 Å². The third-order valence-corrected chi connectivity index (χ3v) is 5.85. The minimum absolute atomic E-state index is 0.0922. The van der Waals surface area contributed by atoms with Crippen LogP contribution in [0.4, 0.5) is 0 Å². The molecule has 0 aliphatic rings. The molecular formula is C26H46NO3+. The van der Waals surface area contributed by atoms with Crippen LogP contribution in [0.2, 0.25) is 0 Å². The van der Waals surface area contributed by atoms with E-state index in [2.05, 4.69) is 38.1 Å². The molecule has 4 nitrogen and oxygen atoms in total. The first-order valence-corrected chi connectivity index (χ1v) is 12.1. The van der Waals surface area contributed by atoms with Gasteiger partial charge in [-0.2, -0.15) is 0 Å². The average Bonchev–Trinajstić information content (AvgIpc) is 2.75. The second-order valence-electron chi connectivity index (χ2n) is 8.60. The third kappa shape index (κ3) is 12.5. The number of hydrogen-bond acceptors (Lipinski definition) is 3.